The van der Waals surface area contributed by atoms with Crippen LogP contribution < -0.4 is 5.56 Å². The summed E-state index contributed by atoms with van der Waals surface area (Å²) in [6, 6.07) is 5.25. The Balaban J connectivity index is 1.78. The maximum Gasteiger partial charge on any atom is 0.275 e. The fourth-order valence-corrected chi connectivity index (χ4v) is 3.08. The second-order valence-corrected chi connectivity index (χ2v) is 6.48. The highest BCUT2D eigenvalue weighted by Gasteiger charge is 2.10. The molecule has 0 fully saturated rings. The van der Waals surface area contributed by atoms with Crippen LogP contribution in [0.5, 0.6) is 0 Å². The number of rotatable bonds is 4. The summed E-state index contributed by atoms with van der Waals surface area (Å²) in [5.41, 5.74) is 1.04. The first-order chi connectivity index (χ1) is 10.9. The topological polar surface area (TPSA) is 50.5 Å². The molecule has 0 amide bonds. The summed E-state index contributed by atoms with van der Waals surface area (Å²) < 4.78 is 27.4. The van der Waals surface area contributed by atoms with Crippen LogP contribution in [0.1, 0.15) is 16.3 Å². The van der Waals surface area contributed by atoms with Crippen molar-refractivity contribution < 1.29 is 8.78 Å². The zero-order valence-electron chi connectivity index (χ0n) is 12.6. The van der Waals surface area contributed by atoms with Crippen LogP contribution in [0, 0.1) is 18.6 Å². The molecule has 0 aliphatic heterocycles. The van der Waals surface area contributed by atoms with Gasteiger partial charge >= 0.3 is 0 Å². The van der Waals surface area contributed by atoms with Crippen molar-refractivity contribution in [1.82, 2.24) is 19.5 Å². The predicted molar refractivity (Wildman–Crippen MR) is 83.4 cm³/mol. The highest BCUT2D eigenvalue weighted by atomic mass is 32.1. The molecule has 0 spiro atoms. The van der Waals surface area contributed by atoms with E-state index in [1.165, 1.54) is 34.1 Å². The normalized spacial score (nSPS) is 11.5. The Morgan fingerprint density at radius 2 is 2.00 bits per heavy atom. The standard InChI is InChI=1S/C15H14F2N4OS/c1-9-19-21-14(22)6-11(18-15(21)23-9)8-20(2)7-10-3-4-12(16)13(17)5-10/h3-6H,7-8H2,1-2H3. The van der Waals surface area contributed by atoms with E-state index < -0.39 is 11.6 Å². The summed E-state index contributed by atoms with van der Waals surface area (Å²) in [4.78, 5) is 18.8. The van der Waals surface area contributed by atoms with Crippen LogP contribution >= 0.6 is 11.3 Å². The van der Waals surface area contributed by atoms with E-state index in [-0.39, 0.29) is 5.56 Å². The quantitative estimate of drug-likeness (QED) is 0.734. The number of aryl methyl sites for hydroxylation is 1. The van der Waals surface area contributed by atoms with Crippen LogP contribution in [0.25, 0.3) is 4.96 Å². The predicted octanol–water partition coefficient (Wildman–Crippen LogP) is 2.37. The number of benzene rings is 1. The molecule has 0 saturated carbocycles. The molecule has 8 heteroatoms. The number of nitrogens with zero attached hydrogens (tertiary/aromatic N) is 4. The molecule has 0 N–H and O–H groups in total. The summed E-state index contributed by atoms with van der Waals surface area (Å²) in [7, 11) is 1.82. The van der Waals surface area contributed by atoms with Gasteiger partial charge in [-0.2, -0.15) is 9.61 Å². The first kappa shape index (κ1) is 15.7. The molecule has 120 valence electrons. The fraction of sp³-hybridized carbons (Fsp3) is 0.267. The minimum Gasteiger partial charge on any atom is -0.296 e. The molecule has 3 aromatic rings. The number of hydrogen-bond donors (Lipinski definition) is 0. The molecule has 2 heterocycles. The van der Waals surface area contributed by atoms with E-state index in [2.05, 4.69) is 10.1 Å². The molecule has 2 aromatic heterocycles. The molecule has 3 rings (SSSR count). The van der Waals surface area contributed by atoms with Crippen molar-refractivity contribution >= 4 is 16.3 Å². The van der Waals surface area contributed by atoms with Gasteiger partial charge in [0.2, 0.25) is 4.96 Å². The summed E-state index contributed by atoms with van der Waals surface area (Å²) in [6.07, 6.45) is 0. The van der Waals surface area contributed by atoms with E-state index in [0.29, 0.717) is 29.3 Å². The maximum absolute atomic E-state index is 13.2. The number of halogens is 2. The molecule has 23 heavy (non-hydrogen) atoms. The van der Waals surface area contributed by atoms with Crippen molar-refractivity contribution in [3.8, 4) is 0 Å². The van der Waals surface area contributed by atoms with Gasteiger partial charge in [-0.25, -0.2) is 13.8 Å². The molecule has 0 unspecified atom stereocenters. The zero-order valence-corrected chi connectivity index (χ0v) is 13.4. The third-order valence-corrected chi connectivity index (χ3v) is 4.09. The fourth-order valence-electron chi connectivity index (χ4n) is 2.31. The SMILES string of the molecule is Cc1nn2c(=O)cc(CN(C)Cc3ccc(F)c(F)c3)nc2s1. The van der Waals surface area contributed by atoms with Crippen molar-refractivity contribution in [1.29, 1.82) is 0 Å². The lowest BCUT2D eigenvalue weighted by Crippen LogP contribution is -2.21. The Morgan fingerprint density at radius 1 is 1.22 bits per heavy atom. The van der Waals surface area contributed by atoms with E-state index in [9.17, 15) is 13.6 Å². The largest absolute Gasteiger partial charge is 0.296 e. The van der Waals surface area contributed by atoms with Crippen LogP contribution in [0.15, 0.2) is 29.1 Å². The first-order valence-corrected chi connectivity index (χ1v) is 7.73. The zero-order chi connectivity index (χ0) is 16.6. The van der Waals surface area contributed by atoms with Crippen molar-refractivity contribution in [2.45, 2.75) is 20.0 Å². The lowest BCUT2D eigenvalue weighted by Gasteiger charge is -2.16. The van der Waals surface area contributed by atoms with Gasteiger partial charge in [-0.05, 0) is 31.7 Å². The minimum absolute atomic E-state index is 0.226. The van der Waals surface area contributed by atoms with Crippen LogP contribution in [0.3, 0.4) is 0 Å². The lowest BCUT2D eigenvalue weighted by atomic mass is 10.2. The summed E-state index contributed by atoms with van der Waals surface area (Å²) in [5, 5.41) is 4.85. The molecule has 0 saturated heterocycles. The van der Waals surface area contributed by atoms with Gasteiger partial charge in [0.05, 0.1) is 5.69 Å². The van der Waals surface area contributed by atoms with Gasteiger partial charge in [0.15, 0.2) is 11.6 Å². The summed E-state index contributed by atoms with van der Waals surface area (Å²) >= 11 is 1.35. The molecule has 0 radical (unpaired) electrons. The van der Waals surface area contributed by atoms with E-state index in [1.807, 2.05) is 18.9 Å². The van der Waals surface area contributed by atoms with Crippen molar-refractivity contribution in [2.24, 2.45) is 0 Å². The van der Waals surface area contributed by atoms with E-state index in [1.54, 1.807) is 0 Å². The second kappa shape index (κ2) is 6.13. The second-order valence-electron chi connectivity index (χ2n) is 5.32. The van der Waals surface area contributed by atoms with Crippen LogP contribution in [0.4, 0.5) is 8.78 Å². The minimum atomic E-state index is -0.867. The Kier molecular flexibility index (Phi) is 4.18. The van der Waals surface area contributed by atoms with Gasteiger partial charge in [-0.15, -0.1) is 0 Å². The van der Waals surface area contributed by atoms with Gasteiger partial charge in [0.25, 0.3) is 5.56 Å². The Morgan fingerprint density at radius 3 is 2.74 bits per heavy atom. The third kappa shape index (κ3) is 3.43. The van der Waals surface area contributed by atoms with Crippen LogP contribution in [0.2, 0.25) is 0 Å². The molecule has 5 nitrogen and oxygen atoms in total. The molecular formula is C15H14F2N4OS. The van der Waals surface area contributed by atoms with Gasteiger partial charge in [-0.3, -0.25) is 9.69 Å². The third-order valence-electron chi connectivity index (χ3n) is 3.27. The number of aromatic nitrogens is 3. The van der Waals surface area contributed by atoms with Gasteiger partial charge < -0.3 is 0 Å². The van der Waals surface area contributed by atoms with Crippen LogP contribution in [-0.4, -0.2) is 26.5 Å². The lowest BCUT2D eigenvalue weighted by molar-refractivity contribution is 0.314. The van der Waals surface area contributed by atoms with Gasteiger partial charge in [0.1, 0.15) is 5.01 Å². The van der Waals surface area contributed by atoms with E-state index >= 15 is 0 Å². The maximum atomic E-state index is 13.2. The van der Waals surface area contributed by atoms with Gasteiger partial charge in [0, 0.05) is 19.2 Å². The summed E-state index contributed by atoms with van der Waals surface area (Å²) in [5.74, 6) is -1.73. The molecule has 0 aliphatic rings. The molecule has 0 aliphatic carbocycles. The van der Waals surface area contributed by atoms with Crippen molar-refractivity contribution in [3.05, 3.63) is 62.5 Å². The Labute approximate surface area is 134 Å². The molecular weight excluding hydrogens is 322 g/mol. The summed E-state index contributed by atoms with van der Waals surface area (Å²) in [6.45, 7) is 2.65. The first-order valence-electron chi connectivity index (χ1n) is 6.91. The number of hydrogen-bond acceptors (Lipinski definition) is 5. The van der Waals surface area contributed by atoms with Gasteiger partial charge in [-0.1, -0.05) is 17.4 Å². The molecule has 0 atom stereocenters. The smallest absolute Gasteiger partial charge is 0.275 e. The number of fused-ring (bicyclic) bond motifs is 1. The molecule has 1 aromatic carbocycles. The average Bonchev–Trinajstić information content (AvgIpc) is 2.84. The Hall–Kier alpha value is -2.19. The Bertz CT molecular complexity index is 921. The van der Waals surface area contributed by atoms with Crippen molar-refractivity contribution in [3.63, 3.8) is 0 Å². The average molecular weight is 336 g/mol. The van der Waals surface area contributed by atoms with E-state index in [0.717, 1.165) is 11.1 Å². The van der Waals surface area contributed by atoms with Crippen LogP contribution in [-0.2, 0) is 13.1 Å². The highest BCUT2D eigenvalue weighted by Crippen LogP contribution is 2.13. The highest BCUT2D eigenvalue weighted by molar-refractivity contribution is 7.16. The molecule has 0 bridgehead atoms. The van der Waals surface area contributed by atoms with Crippen molar-refractivity contribution in [2.75, 3.05) is 7.05 Å². The van der Waals surface area contributed by atoms with E-state index in [4.69, 9.17) is 0 Å². The monoisotopic (exact) mass is 336 g/mol.